The maximum atomic E-state index is 12.7. The van der Waals surface area contributed by atoms with Crippen LogP contribution in [0.15, 0.2) is 51.7 Å². The molecule has 3 atom stereocenters. The summed E-state index contributed by atoms with van der Waals surface area (Å²) >= 11 is 0. The monoisotopic (exact) mass is 430 g/mol. The molecule has 0 spiro atoms. The summed E-state index contributed by atoms with van der Waals surface area (Å²) in [6.45, 7) is -0.897. The second kappa shape index (κ2) is 8.20. The van der Waals surface area contributed by atoms with Crippen LogP contribution in [0.5, 0.6) is 17.2 Å². The van der Waals surface area contributed by atoms with E-state index in [1.54, 1.807) is 36.4 Å². The molecule has 3 aromatic rings. The maximum absolute atomic E-state index is 12.7. The molecule has 2 heterocycles. The fraction of sp³-hybridized carbons (Fsp3) is 0.318. The van der Waals surface area contributed by atoms with Crippen molar-refractivity contribution in [3.05, 3.63) is 52.7 Å². The molecule has 1 saturated heterocycles. The Morgan fingerprint density at radius 1 is 1.10 bits per heavy atom. The van der Waals surface area contributed by atoms with E-state index in [9.17, 15) is 20.1 Å². The largest absolute Gasteiger partial charge is 0.496 e. The minimum Gasteiger partial charge on any atom is -0.496 e. The van der Waals surface area contributed by atoms with Crippen LogP contribution in [-0.2, 0) is 4.74 Å². The van der Waals surface area contributed by atoms with Gasteiger partial charge in [0.2, 0.25) is 6.29 Å². The standard InChI is InChI=1S/C22H22O9/c1-27-14-7-17(28-2)19-15(24)9-16(31-18(19)8-14)12-3-5-13(6-4-12)30-21-20(25)22(26,10-23)11-29-21/h3-9,20-21,23,25-26H,10-11H2,1-2H3/t20-,21-,22+/m0/s1. The van der Waals surface area contributed by atoms with Crippen LogP contribution in [-0.4, -0.2) is 60.7 Å². The van der Waals surface area contributed by atoms with Crippen LogP contribution in [0.1, 0.15) is 0 Å². The van der Waals surface area contributed by atoms with Crippen molar-refractivity contribution >= 4 is 11.0 Å². The van der Waals surface area contributed by atoms with Gasteiger partial charge in [0.25, 0.3) is 0 Å². The Morgan fingerprint density at radius 3 is 2.45 bits per heavy atom. The highest BCUT2D eigenvalue weighted by molar-refractivity contribution is 5.86. The highest BCUT2D eigenvalue weighted by Crippen LogP contribution is 2.33. The van der Waals surface area contributed by atoms with Gasteiger partial charge in [-0.15, -0.1) is 0 Å². The van der Waals surface area contributed by atoms with Crippen LogP contribution >= 0.6 is 0 Å². The predicted octanol–water partition coefficient (Wildman–Crippen LogP) is 1.30. The summed E-state index contributed by atoms with van der Waals surface area (Å²) in [5, 5.41) is 29.6. The topological polar surface area (TPSA) is 128 Å². The van der Waals surface area contributed by atoms with Gasteiger partial charge in [-0.05, 0) is 24.3 Å². The molecule has 1 aromatic heterocycles. The van der Waals surface area contributed by atoms with Gasteiger partial charge in [0, 0.05) is 23.8 Å². The first-order valence-corrected chi connectivity index (χ1v) is 9.48. The number of fused-ring (bicyclic) bond motifs is 1. The molecular weight excluding hydrogens is 408 g/mol. The molecule has 1 aliphatic rings. The molecular formula is C22H22O9. The normalized spacial score (nSPS) is 23.1. The Morgan fingerprint density at radius 2 is 1.84 bits per heavy atom. The van der Waals surface area contributed by atoms with Gasteiger partial charge in [0.15, 0.2) is 5.43 Å². The van der Waals surface area contributed by atoms with Crippen LogP contribution in [0.2, 0.25) is 0 Å². The minimum atomic E-state index is -1.76. The Bertz CT molecular complexity index is 1140. The van der Waals surface area contributed by atoms with Crippen molar-refractivity contribution in [2.24, 2.45) is 0 Å². The van der Waals surface area contributed by atoms with E-state index in [0.29, 0.717) is 39.5 Å². The van der Waals surface area contributed by atoms with Gasteiger partial charge >= 0.3 is 0 Å². The van der Waals surface area contributed by atoms with Crippen molar-refractivity contribution in [3.8, 4) is 28.6 Å². The average Bonchev–Trinajstić information content (AvgIpc) is 3.07. The van der Waals surface area contributed by atoms with Crippen LogP contribution in [0.4, 0.5) is 0 Å². The van der Waals surface area contributed by atoms with Gasteiger partial charge in [-0.3, -0.25) is 4.79 Å². The number of hydrogen-bond acceptors (Lipinski definition) is 9. The molecule has 9 heteroatoms. The molecule has 0 amide bonds. The first kappa shape index (κ1) is 21.1. The van der Waals surface area contributed by atoms with Crippen molar-refractivity contribution in [2.75, 3.05) is 27.4 Å². The molecule has 3 N–H and O–H groups in total. The predicted molar refractivity (Wildman–Crippen MR) is 109 cm³/mol. The van der Waals surface area contributed by atoms with Crippen LogP contribution in [0.25, 0.3) is 22.3 Å². The lowest BCUT2D eigenvalue weighted by molar-refractivity contribution is -0.115. The highest BCUT2D eigenvalue weighted by Gasteiger charge is 2.49. The fourth-order valence-corrected chi connectivity index (χ4v) is 3.38. The van der Waals surface area contributed by atoms with Crippen molar-refractivity contribution in [1.29, 1.82) is 0 Å². The Balaban J connectivity index is 1.61. The smallest absolute Gasteiger partial charge is 0.229 e. The first-order chi connectivity index (χ1) is 14.9. The van der Waals surface area contributed by atoms with Crippen LogP contribution in [0, 0.1) is 0 Å². The summed E-state index contributed by atoms with van der Waals surface area (Å²) in [7, 11) is 2.97. The Kier molecular flexibility index (Phi) is 5.59. The van der Waals surface area contributed by atoms with E-state index in [2.05, 4.69) is 0 Å². The molecule has 31 heavy (non-hydrogen) atoms. The first-order valence-electron chi connectivity index (χ1n) is 9.48. The zero-order chi connectivity index (χ0) is 22.2. The van der Waals surface area contributed by atoms with E-state index in [0.717, 1.165) is 0 Å². The van der Waals surface area contributed by atoms with Crippen molar-refractivity contribution in [1.82, 2.24) is 0 Å². The summed E-state index contributed by atoms with van der Waals surface area (Å²) in [6.07, 6.45) is -2.53. The molecule has 1 fully saturated rings. The average molecular weight is 430 g/mol. The molecule has 0 saturated carbocycles. The van der Waals surface area contributed by atoms with Crippen molar-refractivity contribution in [3.63, 3.8) is 0 Å². The Labute approximate surface area is 177 Å². The van der Waals surface area contributed by atoms with Crippen LogP contribution in [0.3, 0.4) is 0 Å². The number of rotatable bonds is 6. The van der Waals surface area contributed by atoms with E-state index in [1.165, 1.54) is 20.3 Å². The molecule has 9 nitrogen and oxygen atoms in total. The second-order valence-electron chi connectivity index (χ2n) is 7.21. The Hall–Kier alpha value is -3.11. The fourth-order valence-electron chi connectivity index (χ4n) is 3.38. The molecule has 4 rings (SSSR count). The van der Waals surface area contributed by atoms with E-state index in [-0.39, 0.29) is 12.0 Å². The highest BCUT2D eigenvalue weighted by atomic mass is 16.7. The van der Waals surface area contributed by atoms with Crippen molar-refractivity contribution in [2.45, 2.75) is 18.0 Å². The van der Waals surface area contributed by atoms with Gasteiger partial charge < -0.3 is 38.7 Å². The number of ether oxygens (including phenoxy) is 4. The number of aliphatic hydroxyl groups excluding tert-OH is 2. The zero-order valence-electron chi connectivity index (χ0n) is 16.9. The lowest BCUT2D eigenvalue weighted by Crippen LogP contribution is -2.48. The van der Waals surface area contributed by atoms with Crippen LogP contribution < -0.4 is 19.6 Å². The summed E-state index contributed by atoms with van der Waals surface area (Å²) in [4.78, 5) is 12.7. The third-order valence-corrected chi connectivity index (χ3v) is 5.19. The minimum absolute atomic E-state index is 0.247. The van der Waals surface area contributed by atoms with Gasteiger partial charge in [-0.2, -0.15) is 0 Å². The molecule has 0 unspecified atom stereocenters. The van der Waals surface area contributed by atoms with Gasteiger partial charge in [0.1, 0.15) is 45.7 Å². The van der Waals surface area contributed by atoms with Gasteiger partial charge in [-0.25, -0.2) is 0 Å². The molecule has 0 bridgehead atoms. The third-order valence-electron chi connectivity index (χ3n) is 5.19. The summed E-state index contributed by atoms with van der Waals surface area (Å²) < 4.78 is 27.2. The maximum Gasteiger partial charge on any atom is 0.229 e. The van der Waals surface area contributed by atoms with E-state index in [1.807, 2.05) is 0 Å². The summed E-state index contributed by atoms with van der Waals surface area (Å²) in [6, 6.07) is 11.2. The SMILES string of the molecule is COc1cc(OC)c2c(=O)cc(-c3ccc(O[C@@H]4OC[C@](O)(CO)[C@H]4O)cc3)oc2c1. The number of aliphatic hydroxyl groups is 3. The third kappa shape index (κ3) is 3.84. The second-order valence-corrected chi connectivity index (χ2v) is 7.21. The lowest BCUT2D eigenvalue weighted by atomic mass is 10.0. The zero-order valence-corrected chi connectivity index (χ0v) is 16.9. The molecule has 0 aliphatic carbocycles. The summed E-state index contributed by atoms with van der Waals surface area (Å²) in [5.41, 5.74) is -1.08. The number of benzene rings is 2. The molecule has 1 aliphatic heterocycles. The molecule has 2 aromatic carbocycles. The van der Waals surface area contributed by atoms with Gasteiger partial charge in [0.05, 0.1) is 27.4 Å². The number of hydrogen-bond donors (Lipinski definition) is 3. The quantitative estimate of drug-likeness (QED) is 0.530. The molecule has 164 valence electrons. The summed E-state index contributed by atoms with van der Waals surface area (Å²) in [5.74, 6) is 1.55. The van der Waals surface area contributed by atoms with Crippen molar-refractivity contribution < 1.29 is 38.7 Å². The number of methoxy groups -OCH3 is 2. The lowest BCUT2D eigenvalue weighted by Gasteiger charge is -2.23. The van der Waals surface area contributed by atoms with E-state index in [4.69, 9.17) is 23.4 Å². The van der Waals surface area contributed by atoms with E-state index >= 15 is 0 Å². The van der Waals surface area contributed by atoms with E-state index < -0.39 is 24.6 Å². The molecule has 0 radical (unpaired) electrons. The van der Waals surface area contributed by atoms with Gasteiger partial charge in [-0.1, -0.05) is 0 Å².